The molecule has 6 aliphatic heterocycles. The molecule has 9 fully saturated rings. The van der Waals surface area contributed by atoms with Gasteiger partial charge in [-0.25, -0.2) is 0 Å². The lowest BCUT2D eigenvalue weighted by Crippen LogP contribution is -2.66. The van der Waals surface area contributed by atoms with Crippen molar-refractivity contribution in [2.45, 2.75) is 278 Å². The summed E-state index contributed by atoms with van der Waals surface area (Å²) in [6.45, 7) is 12.6. The average Bonchev–Trinajstić information content (AvgIpc) is 2.63. The molecule has 10 rings (SSSR count). The Morgan fingerprint density at radius 2 is 1.13 bits per heavy atom. The van der Waals surface area contributed by atoms with Crippen LogP contribution in [-0.2, 0) is 56.8 Å². The maximum Gasteiger partial charge on any atom is 0.187 e. The van der Waals surface area contributed by atoms with Crippen molar-refractivity contribution in [2.24, 2.45) is 46.3 Å². The van der Waals surface area contributed by atoms with Crippen LogP contribution < -0.4 is 0 Å². The van der Waals surface area contributed by atoms with Gasteiger partial charge in [-0.1, -0.05) is 39.3 Å². The summed E-state index contributed by atoms with van der Waals surface area (Å²) in [4.78, 5) is 0. The van der Waals surface area contributed by atoms with E-state index in [2.05, 4.69) is 26.8 Å². The van der Waals surface area contributed by atoms with Gasteiger partial charge in [0.05, 0.1) is 50.3 Å². The van der Waals surface area contributed by atoms with E-state index in [0.717, 1.165) is 32.1 Å². The van der Waals surface area contributed by atoms with Crippen LogP contribution in [0.5, 0.6) is 0 Å². The first-order chi connectivity index (χ1) is 39.7. The molecular formula is C58H96O26. The summed E-state index contributed by atoms with van der Waals surface area (Å²) in [5.41, 5.74) is 1.20. The third-order valence-corrected chi connectivity index (χ3v) is 21.8. The second-order valence-corrected chi connectivity index (χ2v) is 26.8. The Morgan fingerprint density at radius 3 is 1.77 bits per heavy atom. The molecule has 6 saturated heterocycles. The van der Waals surface area contributed by atoms with Gasteiger partial charge in [0.15, 0.2) is 37.2 Å². The van der Waals surface area contributed by atoms with Crippen LogP contribution in [0.1, 0.15) is 106 Å². The van der Waals surface area contributed by atoms with Crippen molar-refractivity contribution in [2.75, 3.05) is 26.9 Å². The van der Waals surface area contributed by atoms with E-state index in [4.69, 9.17) is 56.8 Å². The van der Waals surface area contributed by atoms with Crippen LogP contribution in [0.4, 0.5) is 0 Å². The number of methoxy groups -OCH3 is 1. The van der Waals surface area contributed by atoms with Crippen LogP contribution >= 0.6 is 0 Å². The first kappa shape index (κ1) is 65.6. The Kier molecular flexibility index (Phi) is 20.1. The van der Waals surface area contributed by atoms with Gasteiger partial charge in [-0.3, -0.25) is 0 Å². The fraction of sp³-hybridized carbons (Fsp3) is 0.966. The number of aliphatic hydroxyl groups is 14. The van der Waals surface area contributed by atoms with Gasteiger partial charge in [0.1, 0.15) is 104 Å². The zero-order valence-corrected chi connectivity index (χ0v) is 49.3. The standard InChI is InChI=1S/C58H96O26/c1-22(20-74-51-46(70)42(66)39(63)33(19-59)80-51)11-16-58(73-8)23(2)35-32(84-58)18-31-29-10-9-27-17-28(12-14-56(27,6)30(29)13-15-57(31,35)7)79-53-48(72)43(67)40(64)34(81-53)21-75-54-49(44(68)37(61)25(4)77-54)83-55-50(45(69)38(62)26(5)78-55)82-52-47(71)41(65)36(60)24(3)76-52/h9,22-26,28-55,59-72H,10-21H2,1-8H3/t22-,23+,24+,25+,26+,28-,29-,30-,31+,32+,33-,34-,35+,36+,37+,38+,39-,40-,41-,42+,43+,44-,45-,46-,47-,48-,49-,50-,51-,52+,53-,54-,55+,56+,57+,58-/m1/s1. The van der Waals surface area contributed by atoms with E-state index in [1.165, 1.54) is 26.3 Å². The van der Waals surface area contributed by atoms with Gasteiger partial charge in [-0.15, -0.1) is 0 Å². The van der Waals surface area contributed by atoms with Crippen molar-refractivity contribution >= 4 is 0 Å². The average molecular weight is 1210 g/mol. The molecule has 0 bridgehead atoms. The van der Waals surface area contributed by atoms with E-state index in [0.29, 0.717) is 43.4 Å². The molecule has 14 N–H and O–H groups in total. The lowest BCUT2D eigenvalue weighted by atomic mass is 9.47. The number of allylic oxidation sites excluding steroid dienone is 1. The van der Waals surface area contributed by atoms with E-state index in [1.807, 2.05) is 6.92 Å². The molecule has 0 spiro atoms. The Labute approximate surface area is 489 Å². The first-order valence-corrected chi connectivity index (χ1v) is 30.5. The highest BCUT2D eigenvalue weighted by molar-refractivity contribution is 5.26. The molecule has 4 aliphatic carbocycles. The lowest BCUT2D eigenvalue weighted by molar-refractivity contribution is -0.391. The third-order valence-electron chi connectivity index (χ3n) is 21.8. The van der Waals surface area contributed by atoms with Crippen LogP contribution in [0.25, 0.3) is 0 Å². The Bertz CT molecular complexity index is 2220. The van der Waals surface area contributed by atoms with Crippen LogP contribution in [0.15, 0.2) is 11.6 Å². The van der Waals surface area contributed by atoms with Gasteiger partial charge < -0.3 is 128 Å². The topological polar surface area (TPSA) is 394 Å². The SMILES string of the molecule is CO[C@]1(CC[C@@H](C)CO[C@@H]2O[C@H](CO)[C@@H](O)[C@H](O)[C@H]2O)O[C@H]2C[C@H]3[C@@H]4CC=C5C[C@H](O[C@@H]6O[C@H](CO[C@@H]7O[C@@H](C)[C@H](O)[C@@H](O)[C@H]7O[C@@H]7O[C@@H](C)[C@H](O)[C@@H](O)[C@H]7O[C@@H]7O[C@@H](C)[C@H](O)[C@@H](O)[C@H]7O)[C@@H](O)[C@H](O)[C@H]6O)CC[C@]5(C)[C@@H]4CC[C@]3(C)[C@H]2[C@@H]1C. The fourth-order valence-electron chi connectivity index (χ4n) is 16.6. The van der Waals surface area contributed by atoms with E-state index in [1.54, 1.807) is 7.11 Å². The molecule has 484 valence electrons. The molecular weight excluding hydrogens is 1110 g/mol. The molecule has 0 amide bonds. The maximum atomic E-state index is 11.4. The van der Waals surface area contributed by atoms with Gasteiger partial charge in [-0.05, 0) is 113 Å². The Balaban J connectivity index is 0.749. The minimum atomic E-state index is -1.81. The number of fused-ring (bicyclic) bond motifs is 7. The maximum absolute atomic E-state index is 11.4. The highest BCUT2D eigenvalue weighted by atomic mass is 16.8. The molecule has 26 heteroatoms. The highest BCUT2D eigenvalue weighted by Crippen LogP contribution is 2.70. The predicted molar refractivity (Wildman–Crippen MR) is 285 cm³/mol. The number of ether oxygens (including phenoxy) is 12. The fourth-order valence-corrected chi connectivity index (χ4v) is 16.6. The number of rotatable bonds is 17. The van der Waals surface area contributed by atoms with Crippen LogP contribution in [-0.4, -0.2) is 270 Å². The molecule has 0 aromatic carbocycles. The molecule has 36 atom stereocenters. The molecule has 6 heterocycles. The Morgan fingerprint density at radius 1 is 0.583 bits per heavy atom. The number of hydrogen-bond acceptors (Lipinski definition) is 26. The van der Waals surface area contributed by atoms with E-state index in [-0.39, 0.29) is 41.3 Å². The summed E-state index contributed by atoms with van der Waals surface area (Å²) in [6, 6.07) is 0. The van der Waals surface area contributed by atoms with Crippen molar-refractivity contribution in [3.63, 3.8) is 0 Å². The van der Waals surface area contributed by atoms with Crippen molar-refractivity contribution in [1.29, 1.82) is 0 Å². The van der Waals surface area contributed by atoms with Gasteiger partial charge in [-0.2, -0.15) is 0 Å². The molecule has 0 radical (unpaired) electrons. The smallest absolute Gasteiger partial charge is 0.187 e. The second kappa shape index (κ2) is 25.8. The zero-order chi connectivity index (χ0) is 60.8. The molecule has 0 aromatic rings. The van der Waals surface area contributed by atoms with Crippen LogP contribution in [0.3, 0.4) is 0 Å². The van der Waals surface area contributed by atoms with Gasteiger partial charge in [0.25, 0.3) is 0 Å². The Hall–Kier alpha value is -1.30. The summed E-state index contributed by atoms with van der Waals surface area (Å²) in [5.74, 6) is 0.864. The molecule has 10 aliphatic rings. The van der Waals surface area contributed by atoms with Crippen molar-refractivity contribution in [3.8, 4) is 0 Å². The van der Waals surface area contributed by atoms with Gasteiger partial charge in [0.2, 0.25) is 0 Å². The van der Waals surface area contributed by atoms with Crippen molar-refractivity contribution in [3.05, 3.63) is 11.6 Å². The molecule has 0 unspecified atom stereocenters. The molecule has 26 nitrogen and oxygen atoms in total. The monoisotopic (exact) mass is 1210 g/mol. The van der Waals surface area contributed by atoms with Gasteiger partial charge >= 0.3 is 0 Å². The van der Waals surface area contributed by atoms with E-state index < -0.39 is 179 Å². The van der Waals surface area contributed by atoms with Crippen molar-refractivity contribution in [1.82, 2.24) is 0 Å². The number of aliphatic hydroxyl groups excluding tert-OH is 14. The van der Waals surface area contributed by atoms with Gasteiger partial charge in [0, 0.05) is 19.4 Å². The quantitative estimate of drug-likeness (QED) is 0.0671. The van der Waals surface area contributed by atoms with Crippen molar-refractivity contribution < 1.29 is 128 Å². The van der Waals surface area contributed by atoms with Crippen LogP contribution in [0.2, 0.25) is 0 Å². The second-order valence-electron chi connectivity index (χ2n) is 26.8. The molecule has 3 saturated carbocycles. The largest absolute Gasteiger partial charge is 0.394 e. The predicted octanol–water partition coefficient (Wildman–Crippen LogP) is -2.47. The third kappa shape index (κ3) is 11.9. The normalized spacial score (nSPS) is 55.3. The van der Waals surface area contributed by atoms with E-state index >= 15 is 0 Å². The minimum Gasteiger partial charge on any atom is -0.394 e. The number of hydrogen-bond donors (Lipinski definition) is 14. The van der Waals surface area contributed by atoms with Crippen LogP contribution in [0, 0.1) is 46.3 Å². The summed E-state index contributed by atoms with van der Waals surface area (Å²) in [5, 5.41) is 150. The summed E-state index contributed by atoms with van der Waals surface area (Å²) >= 11 is 0. The summed E-state index contributed by atoms with van der Waals surface area (Å²) in [7, 11) is 1.72. The lowest BCUT2D eigenvalue weighted by Gasteiger charge is -2.58. The minimum absolute atomic E-state index is 0.00153. The first-order valence-electron chi connectivity index (χ1n) is 30.5. The highest BCUT2D eigenvalue weighted by Gasteiger charge is 2.68. The zero-order valence-electron chi connectivity index (χ0n) is 49.3. The molecule has 84 heavy (non-hydrogen) atoms. The van der Waals surface area contributed by atoms with E-state index in [9.17, 15) is 71.5 Å². The summed E-state index contributed by atoms with van der Waals surface area (Å²) < 4.78 is 73.1. The molecule has 0 aromatic heterocycles. The summed E-state index contributed by atoms with van der Waals surface area (Å²) in [6.07, 6.45) is -28.1.